The number of amides is 2. The van der Waals surface area contributed by atoms with Gasteiger partial charge < -0.3 is 16.4 Å². The normalized spacial score (nSPS) is 13.9. The topological polar surface area (TPSA) is 154 Å². The van der Waals surface area contributed by atoms with Crippen molar-refractivity contribution in [2.75, 3.05) is 18.8 Å². The molecule has 0 radical (unpaired) electrons. The summed E-state index contributed by atoms with van der Waals surface area (Å²) in [6.45, 7) is 8.71. The number of anilines is 1. The van der Waals surface area contributed by atoms with Gasteiger partial charge in [-0.15, -0.1) is 0 Å². The number of piperidine rings is 1. The lowest BCUT2D eigenvalue weighted by Gasteiger charge is -2.33. The summed E-state index contributed by atoms with van der Waals surface area (Å²) in [6.07, 6.45) is 5.44. The molecule has 5 heterocycles. The van der Waals surface area contributed by atoms with Gasteiger partial charge in [0.15, 0.2) is 5.82 Å². The van der Waals surface area contributed by atoms with Crippen molar-refractivity contribution in [3.05, 3.63) is 93.8 Å². The van der Waals surface area contributed by atoms with E-state index in [1.807, 2.05) is 47.5 Å². The maximum absolute atomic E-state index is 14.0. The average molecular weight is 623 g/mol. The molecule has 236 valence electrons. The minimum Gasteiger partial charge on any atom is -0.382 e. The molecule has 1 aliphatic rings. The molecule has 1 aliphatic heterocycles. The van der Waals surface area contributed by atoms with Crippen LogP contribution in [0.1, 0.15) is 59.9 Å². The number of carbonyl (C=O) groups excluding carboxylic acids is 2. The lowest BCUT2D eigenvalue weighted by atomic mass is 9.91. The van der Waals surface area contributed by atoms with Crippen LogP contribution in [0.3, 0.4) is 0 Å². The Morgan fingerprint density at radius 1 is 1.02 bits per heavy atom. The van der Waals surface area contributed by atoms with E-state index in [0.29, 0.717) is 46.8 Å². The standard InChI is InChI=1S/C34H35FN8O3/c1-18(2)33(45)41-11-9-22(10-12-41)27-14-26(30-31(36)39-17-40-43(27)30)21-5-7-23(8-6-21)28-19(3)20(4)42(34(46)29(28)32(37)44)25-13-24(35)15-38-16-25/h5-8,13-18,22H,9-12H2,1-4H3,(H2,37,44)(H2,36,39,40). The first kappa shape index (κ1) is 30.6. The van der Waals surface area contributed by atoms with E-state index in [-0.39, 0.29) is 29.0 Å². The SMILES string of the molecule is Cc1c(-c2ccc(-c3cc(C4CCN(C(=O)C(C)C)CC4)n4ncnc(N)c34)cc2)c(C(N)=O)c(=O)n(-c2cncc(F)c2)c1C. The molecule has 0 saturated carbocycles. The number of pyridine rings is 2. The molecule has 4 aromatic heterocycles. The molecule has 2 amide bonds. The van der Waals surface area contributed by atoms with E-state index in [2.05, 4.69) is 21.1 Å². The Kier molecular flexibility index (Phi) is 7.89. The number of likely N-dealkylation sites (tertiary alicyclic amines) is 1. The van der Waals surface area contributed by atoms with E-state index >= 15 is 0 Å². The predicted octanol–water partition coefficient (Wildman–Crippen LogP) is 4.41. The maximum Gasteiger partial charge on any atom is 0.268 e. The molecule has 0 unspecified atom stereocenters. The van der Waals surface area contributed by atoms with Crippen LogP contribution in [0.2, 0.25) is 0 Å². The third kappa shape index (κ3) is 5.19. The van der Waals surface area contributed by atoms with Crippen LogP contribution in [0.4, 0.5) is 10.2 Å². The second-order valence-corrected chi connectivity index (χ2v) is 12.0. The van der Waals surface area contributed by atoms with Crippen molar-refractivity contribution in [1.82, 2.24) is 29.0 Å². The Hall–Kier alpha value is -5.39. The zero-order valence-corrected chi connectivity index (χ0v) is 26.1. The molecule has 1 saturated heterocycles. The highest BCUT2D eigenvalue weighted by atomic mass is 19.1. The highest BCUT2D eigenvalue weighted by Gasteiger charge is 2.29. The van der Waals surface area contributed by atoms with Crippen molar-refractivity contribution in [2.45, 2.75) is 46.5 Å². The Bertz CT molecular complexity index is 2060. The minimum atomic E-state index is -0.889. The van der Waals surface area contributed by atoms with Gasteiger partial charge in [0.2, 0.25) is 5.91 Å². The first-order valence-electron chi connectivity index (χ1n) is 15.2. The van der Waals surface area contributed by atoms with Crippen molar-refractivity contribution >= 4 is 23.1 Å². The van der Waals surface area contributed by atoms with E-state index in [0.717, 1.165) is 35.9 Å². The van der Waals surface area contributed by atoms with Gasteiger partial charge in [0.05, 0.1) is 18.1 Å². The van der Waals surface area contributed by atoms with Crippen molar-refractivity contribution in [3.63, 3.8) is 0 Å². The molecule has 12 heteroatoms. The second-order valence-electron chi connectivity index (χ2n) is 12.0. The summed E-state index contributed by atoms with van der Waals surface area (Å²) in [7, 11) is 0. The molecule has 6 rings (SSSR count). The number of halogens is 1. The van der Waals surface area contributed by atoms with Gasteiger partial charge in [-0.05, 0) is 49.4 Å². The number of nitrogens with two attached hydrogens (primary N) is 2. The van der Waals surface area contributed by atoms with Gasteiger partial charge in [-0.1, -0.05) is 38.1 Å². The van der Waals surface area contributed by atoms with Crippen molar-refractivity contribution < 1.29 is 14.0 Å². The smallest absolute Gasteiger partial charge is 0.268 e. The summed E-state index contributed by atoms with van der Waals surface area (Å²) < 4.78 is 17.1. The number of benzene rings is 1. The molecule has 1 fully saturated rings. The van der Waals surface area contributed by atoms with E-state index in [1.54, 1.807) is 13.8 Å². The average Bonchev–Trinajstić information content (AvgIpc) is 3.43. The summed E-state index contributed by atoms with van der Waals surface area (Å²) in [5.41, 5.74) is 17.1. The highest BCUT2D eigenvalue weighted by Crippen LogP contribution is 2.38. The molecule has 0 bridgehead atoms. The van der Waals surface area contributed by atoms with E-state index < -0.39 is 17.3 Å². The highest BCUT2D eigenvalue weighted by molar-refractivity contribution is 6.01. The lowest BCUT2D eigenvalue weighted by molar-refractivity contribution is -0.135. The van der Waals surface area contributed by atoms with Crippen LogP contribution >= 0.6 is 0 Å². The molecule has 0 aliphatic carbocycles. The number of nitrogens with zero attached hydrogens (tertiary/aromatic N) is 6. The van der Waals surface area contributed by atoms with Gasteiger partial charge in [-0.2, -0.15) is 5.10 Å². The molecule has 5 aromatic rings. The van der Waals surface area contributed by atoms with Crippen LogP contribution < -0.4 is 17.0 Å². The molecule has 0 spiro atoms. The Balaban J connectivity index is 1.41. The number of fused-ring (bicyclic) bond motifs is 1. The fourth-order valence-corrected chi connectivity index (χ4v) is 6.51. The summed E-state index contributed by atoms with van der Waals surface area (Å²) in [5.74, 6) is -0.859. The summed E-state index contributed by atoms with van der Waals surface area (Å²) in [5, 5.41) is 4.54. The minimum absolute atomic E-state index is 0.0396. The van der Waals surface area contributed by atoms with Crippen LogP contribution in [0, 0.1) is 25.6 Å². The number of hydrogen-bond donors (Lipinski definition) is 2. The van der Waals surface area contributed by atoms with Crippen LogP contribution in [0.5, 0.6) is 0 Å². The number of hydrogen-bond acceptors (Lipinski definition) is 7. The zero-order valence-electron chi connectivity index (χ0n) is 26.1. The van der Waals surface area contributed by atoms with Gasteiger partial charge in [-0.25, -0.2) is 13.9 Å². The molecule has 0 atom stereocenters. The number of primary amides is 1. The van der Waals surface area contributed by atoms with Crippen LogP contribution in [0.25, 0.3) is 33.5 Å². The van der Waals surface area contributed by atoms with Gasteiger partial charge in [0.1, 0.15) is 23.2 Å². The Morgan fingerprint density at radius 2 is 1.70 bits per heavy atom. The molecule has 11 nitrogen and oxygen atoms in total. The number of aromatic nitrogens is 5. The van der Waals surface area contributed by atoms with Gasteiger partial charge in [0.25, 0.3) is 11.5 Å². The molecule has 4 N–H and O–H groups in total. The molecular formula is C34H35FN8O3. The van der Waals surface area contributed by atoms with E-state index in [9.17, 15) is 18.8 Å². The van der Waals surface area contributed by atoms with Crippen LogP contribution in [0.15, 0.2) is 59.9 Å². The second kappa shape index (κ2) is 11.8. The fourth-order valence-electron chi connectivity index (χ4n) is 6.51. The maximum atomic E-state index is 14.0. The zero-order chi connectivity index (χ0) is 32.9. The number of carbonyl (C=O) groups is 2. The largest absolute Gasteiger partial charge is 0.382 e. The lowest BCUT2D eigenvalue weighted by Crippen LogP contribution is -2.40. The van der Waals surface area contributed by atoms with Crippen LogP contribution in [-0.4, -0.2) is 54.0 Å². The van der Waals surface area contributed by atoms with E-state index in [4.69, 9.17) is 11.5 Å². The third-order valence-electron chi connectivity index (χ3n) is 8.93. The van der Waals surface area contributed by atoms with Gasteiger partial charge in [0, 0.05) is 53.5 Å². The van der Waals surface area contributed by atoms with Crippen molar-refractivity contribution in [2.24, 2.45) is 11.7 Å². The first-order chi connectivity index (χ1) is 22.0. The Labute approximate surface area is 264 Å². The molecule has 46 heavy (non-hydrogen) atoms. The predicted molar refractivity (Wildman–Crippen MR) is 173 cm³/mol. The number of rotatable bonds is 6. The first-order valence-corrected chi connectivity index (χ1v) is 15.2. The summed E-state index contributed by atoms with van der Waals surface area (Å²) in [4.78, 5) is 49.0. The fraction of sp³-hybridized carbons (Fsp3) is 0.294. The third-order valence-corrected chi connectivity index (χ3v) is 8.93. The Morgan fingerprint density at radius 3 is 2.33 bits per heavy atom. The van der Waals surface area contributed by atoms with Crippen LogP contribution in [-0.2, 0) is 4.79 Å². The van der Waals surface area contributed by atoms with Gasteiger partial charge >= 0.3 is 0 Å². The van der Waals surface area contributed by atoms with E-state index in [1.165, 1.54) is 23.2 Å². The molecular weight excluding hydrogens is 587 g/mol. The molecule has 1 aromatic carbocycles. The monoisotopic (exact) mass is 622 g/mol. The quantitative estimate of drug-likeness (QED) is 0.284. The van der Waals surface area contributed by atoms with Crippen molar-refractivity contribution in [1.29, 1.82) is 0 Å². The van der Waals surface area contributed by atoms with Crippen molar-refractivity contribution in [3.8, 4) is 27.9 Å². The number of nitrogen functional groups attached to an aromatic ring is 1. The van der Waals surface area contributed by atoms with Gasteiger partial charge in [-0.3, -0.25) is 23.9 Å². The summed E-state index contributed by atoms with van der Waals surface area (Å²) >= 11 is 0. The summed E-state index contributed by atoms with van der Waals surface area (Å²) in [6, 6.07) is 10.7.